The van der Waals surface area contributed by atoms with E-state index < -0.39 is 0 Å². The molecule has 0 saturated carbocycles. The molecule has 0 amide bonds. The summed E-state index contributed by atoms with van der Waals surface area (Å²) in [5, 5.41) is 14.1. The van der Waals surface area contributed by atoms with E-state index in [1.54, 1.807) is 0 Å². The Morgan fingerprint density at radius 3 is 2.10 bits per heavy atom. The molecule has 7 aromatic rings. The van der Waals surface area contributed by atoms with Gasteiger partial charge in [-0.05, 0) is 49.2 Å². The first-order chi connectivity index (χ1) is 19.8. The molecule has 4 aromatic carbocycles. The normalized spacial score (nSPS) is 12.7. The SMILES string of the molecule is N#Cc1cc(-n2c3c(c4ccccc42)C=CCC3)ccc1-c1cnccc1-n1c2ccccc2c2ccccc21. The van der Waals surface area contributed by atoms with Gasteiger partial charge in [-0.15, -0.1) is 0 Å². The average molecular weight is 513 g/mol. The van der Waals surface area contributed by atoms with Crippen LogP contribution in [0, 0.1) is 11.3 Å². The molecular weight excluding hydrogens is 488 g/mol. The minimum atomic E-state index is 0.630. The summed E-state index contributed by atoms with van der Waals surface area (Å²) in [6.45, 7) is 0. The molecule has 1 aliphatic rings. The Balaban J connectivity index is 1.36. The van der Waals surface area contributed by atoms with Crippen LogP contribution in [0.3, 0.4) is 0 Å². The second kappa shape index (κ2) is 8.83. The van der Waals surface area contributed by atoms with E-state index >= 15 is 0 Å². The van der Waals surface area contributed by atoms with Gasteiger partial charge >= 0.3 is 0 Å². The van der Waals surface area contributed by atoms with Gasteiger partial charge in [0.2, 0.25) is 0 Å². The standard InChI is InChI=1S/C36H24N4/c37-22-24-21-25(39-32-13-5-1-9-27(32)28-10-2-6-14-33(28)39)17-18-26(24)31-23-38-20-19-36(31)40-34-15-7-3-11-29(34)30-12-4-8-16-35(30)40/h1-5,7-13,15-21,23H,6,14H2. The summed E-state index contributed by atoms with van der Waals surface area (Å²) >= 11 is 0. The van der Waals surface area contributed by atoms with Gasteiger partial charge in [0.1, 0.15) is 0 Å². The van der Waals surface area contributed by atoms with Crippen LogP contribution in [0.1, 0.15) is 23.2 Å². The molecule has 3 heterocycles. The maximum absolute atomic E-state index is 10.4. The lowest BCUT2D eigenvalue weighted by Crippen LogP contribution is -2.04. The maximum atomic E-state index is 10.4. The van der Waals surface area contributed by atoms with Gasteiger partial charge in [-0.1, -0.05) is 72.8 Å². The number of aromatic nitrogens is 3. The molecule has 0 saturated heterocycles. The molecule has 1 aliphatic carbocycles. The van der Waals surface area contributed by atoms with Gasteiger partial charge < -0.3 is 9.13 Å². The summed E-state index contributed by atoms with van der Waals surface area (Å²) in [6, 6.07) is 36.3. The second-order valence-electron chi connectivity index (χ2n) is 10.3. The molecule has 8 rings (SSSR count). The van der Waals surface area contributed by atoms with Crippen LogP contribution >= 0.6 is 0 Å². The fourth-order valence-corrected chi connectivity index (χ4v) is 6.44. The molecule has 4 nitrogen and oxygen atoms in total. The van der Waals surface area contributed by atoms with Crippen LogP contribution in [0.4, 0.5) is 0 Å². The van der Waals surface area contributed by atoms with Crippen LogP contribution in [0.25, 0.3) is 61.3 Å². The van der Waals surface area contributed by atoms with E-state index in [2.05, 4.69) is 117 Å². The molecule has 40 heavy (non-hydrogen) atoms. The van der Waals surface area contributed by atoms with Crippen molar-refractivity contribution in [3.8, 4) is 28.6 Å². The summed E-state index contributed by atoms with van der Waals surface area (Å²) in [4.78, 5) is 4.50. The number of benzene rings is 4. The van der Waals surface area contributed by atoms with Gasteiger partial charge in [0, 0.05) is 56.6 Å². The largest absolute Gasteiger partial charge is 0.313 e. The van der Waals surface area contributed by atoms with Gasteiger partial charge in [-0.3, -0.25) is 4.98 Å². The van der Waals surface area contributed by atoms with E-state index in [-0.39, 0.29) is 0 Å². The predicted molar refractivity (Wildman–Crippen MR) is 163 cm³/mol. The molecule has 4 heteroatoms. The summed E-state index contributed by atoms with van der Waals surface area (Å²) < 4.78 is 4.62. The molecular formula is C36H24N4. The fourth-order valence-electron chi connectivity index (χ4n) is 6.44. The van der Waals surface area contributed by atoms with Crippen molar-refractivity contribution in [3.05, 3.63) is 132 Å². The molecule has 0 fully saturated rings. The molecule has 0 N–H and O–H groups in total. The number of allylic oxidation sites excluding steroid dienone is 1. The fraction of sp³-hybridized carbons (Fsp3) is 0.0556. The molecule has 0 spiro atoms. The van der Waals surface area contributed by atoms with Crippen LogP contribution in [0.2, 0.25) is 0 Å². The van der Waals surface area contributed by atoms with E-state index in [1.165, 1.54) is 32.9 Å². The first kappa shape index (κ1) is 22.6. The maximum Gasteiger partial charge on any atom is 0.0998 e. The topological polar surface area (TPSA) is 46.5 Å². The van der Waals surface area contributed by atoms with E-state index in [4.69, 9.17) is 0 Å². The number of nitriles is 1. The lowest BCUT2D eigenvalue weighted by atomic mass is 9.99. The molecule has 0 aliphatic heterocycles. The summed E-state index contributed by atoms with van der Waals surface area (Å²) in [5.41, 5.74) is 10.5. The highest BCUT2D eigenvalue weighted by molar-refractivity contribution is 6.09. The van der Waals surface area contributed by atoms with Crippen molar-refractivity contribution >= 4 is 38.8 Å². The van der Waals surface area contributed by atoms with Crippen molar-refractivity contribution in [2.45, 2.75) is 12.8 Å². The van der Waals surface area contributed by atoms with E-state index in [0.29, 0.717) is 5.56 Å². The first-order valence-electron chi connectivity index (χ1n) is 13.6. The second-order valence-corrected chi connectivity index (χ2v) is 10.3. The average Bonchev–Trinajstić information content (AvgIpc) is 3.54. The zero-order valence-electron chi connectivity index (χ0n) is 21.8. The van der Waals surface area contributed by atoms with Crippen LogP contribution < -0.4 is 0 Å². The van der Waals surface area contributed by atoms with Crippen LogP contribution in [-0.4, -0.2) is 14.1 Å². The van der Waals surface area contributed by atoms with Gasteiger partial charge in [-0.25, -0.2) is 0 Å². The van der Waals surface area contributed by atoms with Gasteiger partial charge in [-0.2, -0.15) is 5.26 Å². The highest BCUT2D eigenvalue weighted by atomic mass is 15.0. The van der Waals surface area contributed by atoms with Crippen molar-refractivity contribution in [1.29, 1.82) is 5.26 Å². The molecule has 0 radical (unpaired) electrons. The third kappa shape index (κ3) is 3.22. The van der Waals surface area contributed by atoms with Gasteiger partial charge in [0.15, 0.2) is 0 Å². The Bertz CT molecular complexity index is 2130. The quantitative estimate of drug-likeness (QED) is 0.238. The summed E-state index contributed by atoms with van der Waals surface area (Å²) in [5.74, 6) is 0. The van der Waals surface area contributed by atoms with Crippen molar-refractivity contribution in [2.24, 2.45) is 0 Å². The zero-order chi connectivity index (χ0) is 26.6. The first-order valence-corrected chi connectivity index (χ1v) is 13.6. The number of rotatable bonds is 3. The zero-order valence-corrected chi connectivity index (χ0v) is 21.8. The summed E-state index contributed by atoms with van der Waals surface area (Å²) in [6.07, 6.45) is 10.2. The van der Waals surface area contributed by atoms with Crippen molar-refractivity contribution in [1.82, 2.24) is 14.1 Å². The lowest BCUT2D eigenvalue weighted by Gasteiger charge is -2.17. The van der Waals surface area contributed by atoms with E-state index in [9.17, 15) is 5.26 Å². The molecule has 3 aromatic heterocycles. The van der Waals surface area contributed by atoms with Gasteiger partial charge in [0.05, 0.1) is 33.9 Å². The number of hydrogen-bond donors (Lipinski definition) is 0. The van der Waals surface area contributed by atoms with Crippen LogP contribution in [0.5, 0.6) is 0 Å². The molecule has 0 unspecified atom stereocenters. The van der Waals surface area contributed by atoms with Crippen LogP contribution in [0.15, 0.2) is 116 Å². The third-order valence-corrected chi connectivity index (χ3v) is 8.14. The molecule has 0 atom stereocenters. The minimum Gasteiger partial charge on any atom is -0.313 e. The number of nitrogens with zero attached hydrogens (tertiary/aromatic N) is 4. The monoisotopic (exact) mass is 512 g/mol. The molecule has 0 bridgehead atoms. The number of pyridine rings is 1. The minimum absolute atomic E-state index is 0.630. The predicted octanol–water partition coefficient (Wildman–Crippen LogP) is 8.62. The number of para-hydroxylation sites is 3. The Morgan fingerprint density at radius 2 is 1.38 bits per heavy atom. The Morgan fingerprint density at radius 1 is 0.700 bits per heavy atom. The van der Waals surface area contributed by atoms with Crippen LogP contribution in [-0.2, 0) is 6.42 Å². The van der Waals surface area contributed by atoms with Crippen molar-refractivity contribution in [2.75, 3.05) is 0 Å². The van der Waals surface area contributed by atoms with Crippen molar-refractivity contribution < 1.29 is 0 Å². The Labute approximate surface area is 231 Å². The third-order valence-electron chi connectivity index (χ3n) is 8.14. The summed E-state index contributed by atoms with van der Waals surface area (Å²) in [7, 11) is 0. The number of fused-ring (bicyclic) bond motifs is 6. The van der Waals surface area contributed by atoms with Gasteiger partial charge in [0.25, 0.3) is 0 Å². The van der Waals surface area contributed by atoms with E-state index in [0.717, 1.165) is 46.4 Å². The number of hydrogen-bond acceptors (Lipinski definition) is 2. The highest BCUT2D eigenvalue weighted by Gasteiger charge is 2.21. The smallest absolute Gasteiger partial charge is 0.0998 e. The Hall–Kier alpha value is -5.40. The lowest BCUT2D eigenvalue weighted by molar-refractivity contribution is 0.888. The van der Waals surface area contributed by atoms with E-state index in [1.807, 2.05) is 24.5 Å². The van der Waals surface area contributed by atoms with Crippen molar-refractivity contribution in [3.63, 3.8) is 0 Å². The highest BCUT2D eigenvalue weighted by Crippen LogP contribution is 2.38. The Kier molecular flexibility index (Phi) is 4.98. The molecule has 188 valence electrons.